The van der Waals surface area contributed by atoms with Crippen LogP contribution in [0.3, 0.4) is 0 Å². The van der Waals surface area contributed by atoms with E-state index in [0.29, 0.717) is 6.04 Å². The van der Waals surface area contributed by atoms with Crippen molar-refractivity contribution in [1.82, 2.24) is 5.32 Å². The monoisotopic (exact) mass is 237 g/mol. The van der Waals surface area contributed by atoms with Crippen molar-refractivity contribution in [2.45, 2.75) is 52.2 Å². The quantitative estimate of drug-likeness (QED) is 0.717. The average molecular weight is 237 g/mol. The van der Waals surface area contributed by atoms with Crippen LogP contribution in [0, 0.1) is 17.8 Å². The maximum absolute atomic E-state index is 5.73. The summed E-state index contributed by atoms with van der Waals surface area (Å²) in [5.41, 5.74) is -0.0452. The molecule has 0 aromatic heterocycles. The standard InChI is InChI=1S/C15H27NO/c1-5-17-15(3,4)10-16-11(2)14-9-12-6-7-13(14)8-12/h6-7,11-14,16H,5,8-10H2,1-4H3. The van der Waals surface area contributed by atoms with Crippen molar-refractivity contribution in [3.8, 4) is 0 Å². The largest absolute Gasteiger partial charge is 0.375 e. The first-order chi connectivity index (χ1) is 8.02. The van der Waals surface area contributed by atoms with Crippen molar-refractivity contribution >= 4 is 0 Å². The van der Waals surface area contributed by atoms with Gasteiger partial charge in [-0.05, 0) is 58.3 Å². The summed E-state index contributed by atoms with van der Waals surface area (Å²) in [6.45, 7) is 10.5. The summed E-state index contributed by atoms with van der Waals surface area (Å²) in [6, 6.07) is 0.606. The minimum atomic E-state index is -0.0452. The van der Waals surface area contributed by atoms with Crippen LogP contribution in [0.15, 0.2) is 12.2 Å². The summed E-state index contributed by atoms with van der Waals surface area (Å²) in [5, 5.41) is 3.68. The van der Waals surface area contributed by atoms with Gasteiger partial charge in [0.15, 0.2) is 0 Å². The lowest BCUT2D eigenvalue weighted by atomic mass is 9.87. The number of rotatable bonds is 6. The molecule has 0 aliphatic heterocycles. The molecule has 1 fully saturated rings. The predicted molar refractivity (Wildman–Crippen MR) is 72.0 cm³/mol. The van der Waals surface area contributed by atoms with Crippen LogP contribution in [-0.4, -0.2) is 24.8 Å². The Balaban J connectivity index is 1.78. The molecule has 1 saturated carbocycles. The third kappa shape index (κ3) is 3.11. The van der Waals surface area contributed by atoms with Gasteiger partial charge in [-0.25, -0.2) is 0 Å². The molecule has 2 nitrogen and oxygen atoms in total. The first-order valence-electron chi connectivity index (χ1n) is 7.07. The van der Waals surface area contributed by atoms with Gasteiger partial charge in [0, 0.05) is 19.2 Å². The summed E-state index contributed by atoms with van der Waals surface area (Å²) in [4.78, 5) is 0. The lowest BCUT2D eigenvalue weighted by Crippen LogP contribution is -2.44. The summed E-state index contributed by atoms with van der Waals surface area (Å²) in [6.07, 6.45) is 7.62. The van der Waals surface area contributed by atoms with Gasteiger partial charge in [0.25, 0.3) is 0 Å². The molecule has 0 aromatic rings. The highest BCUT2D eigenvalue weighted by molar-refractivity contribution is 5.11. The number of nitrogens with one attached hydrogen (secondary N) is 1. The molecule has 1 N–H and O–H groups in total. The number of ether oxygens (including phenoxy) is 1. The van der Waals surface area contributed by atoms with Gasteiger partial charge in [-0.2, -0.15) is 0 Å². The maximum atomic E-state index is 5.73. The SMILES string of the molecule is CCOC(C)(C)CNC(C)C1CC2C=CC1C2. The van der Waals surface area contributed by atoms with Crippen LogP contribution in [0.5, 0.6) is 0 Å². The van der Waals surface area contributed by atoms with E-state index in [1.54, 1.807) is 0 Å². The molecule has 0 heterocycles. The third-order valence-electron chi connectivity index (χ3n) is 4.36. The third-order valence-corrected chi connectivity index (χ3v) is 4.36. The van der Waals surface area contributed by atoms with Crippen LogP contribution in [0.2, 0.25) is 0 Å². The molecule has 0 aromatic carbocycles. The number of hydrogen-bond acceptors (Lipinski definition) is 2. The molecular formula is C15H27NO. The van der Waals surface area contributed by atoms with Crippen molar-refractivity contribution < 1.29 is 4.74 Å². The van der Waals surface area contributed by atoms with E-state index >= 15 is 0 Å². The van der Waals surface area contributed by atoms with Crippen molar-refractivity contribution in [3.05, 3.63) is 12.2 Å². The molecule has 2 aliphatic rings. The number of hydrogen-bond donors (Lipinski definition) is 1. The van der Waals surface area contributed by atoms with Gasteiger partial charge in [-0.3, -0.25) is 0 Å². The van der Waals surface area contributed by atoms with Crippen molar-refractivity contribution in [2.24, 2.45) is 17.8 Å². The second-order valence-corrected chi connectivity index (χ2v) is 6.31. The lowest BCUT2D eigenvalue weighted by Gasteiger charge is -2.31. The zero-order valence-electron chi connectivity index (χ0n) is 11.7. The number of fused-ring (bicyclic) bond motifs is 2. The van der Waals surface area contributed by atoms with Crippen molar-refractivity contribution in [1.29, 1.82) is 0 Å². The Bertz CT molecular complexity index is 285. The highest BCUT2D eigenvalue weighted by atomic mass is 16.5. The molecule has 4 atom stereocenters. The van der Waals surface area contributed by atoms with E-state index in [-0.39, 0.29) is 5.60 Å². The van der Waals surface area contributed by atoms with Crippen LogP contribution in [0.4, 0.5) is 0 Å². The van der Waals surface area contributed by atoms with Crippen LogP contribution >= 0.6 is 0 Å². The van der Waals surface area contributed by atoms with Crippen LogP contribution in [0.1, 0.15) is 40.5 Å². The first-order valence-corrected chi connectivity index (χ1v) is 7.07. The van der Waals surface area contributed by atoms with E-state index in [9.17, 15) is 0 Å². The normalized spacial score (nSPS) is 33.3. The van der Waals surface area contributed by atoms with Gasteiger partial charge in [0.1, 0.15) is 0 Å². The fourth-order valence-corrected chi connectivity index (χ4v) is 3.40. The van der Waals surface area contributed by atoms with Crippen LogP contribution in [0.25, 0.3) is 0 Å². The Morgan fingerprint density at radius 1 is 1.35 bits per heavy atom. The maximum Gasteiger partial charge on any atom is 0.0750 e. The second kappa shape index (κ2) is 5.11. The van der Waals surface area contributed by atoms with Crippen molar-refractivity contribution in [2.75, 3.05) is 13.2 Å². The minimum Gasteiger partial charge on any atom is -0.375 e. The molecule has 17 heavy (non-hydrogen) atoms. The fourth-order valence-electron chi connectivity index (χ4n) is 3.40. The summed E-state index contributed by atoms with van der Waals surface area (Å²) in [7, 11) is 0. The van der Waals surface area contributed by atoms with E-state index in [4.69, 9.17) is 4.74 Å². The Morgan fingerprint density at radius 2 is 2.12 bits per heavy atom. The summed E-state index contributed by atoms with van der Waals surface area (Å²) in [5.74, 6) is 2.54. The molecule has 2 heteroatoms. The van der Waals surface area contributed by atoms with Gasteiger partial charge in [0.2, 0.25) is 0 Å². The van der Waals surface area contributed by atoms with E-state index < -0.39 is 0 Å². The predicted octanol–water partition coefficient (Wildman–Crippen LogP) is 2.99. The minimum absolute atomic E-state index is 0.0452. The van der Waals surface area contributed by atoms with Gasteiger partial charge < -0.3 is 10.1 Å². The average Bonchev–Trinajstić information content (AvgIpc) is 2.87. The van der Waals surface area contributed by atoms with Gasteiger partial charge in [0.05, 0.1) is 5.60 Å². The van der Waals surface area contributed by atoms with Gasteiger partial charge in [-0.15, -0.1) is 0 Å². The lowest BCUT2D eigenvalue weighted by molar-refractivity contribution is -0.0117. The first kappa shape index (κ1) is 13.1. The smallest absolute Gasteiger partial charge is 0.0750 e. The molecule has 4 unspecified atom stereocenters. The van der Waals surface area contributed by atoms with Crippen LogP contribution < -0.4 is 5.32 Å². The van der Waals surface area contributed by atoms with Gasteiger partial charge in [-0.1, -0.05) is 12.2 Å². The Hall–Kier alpha value is -0.340. The second-order valence-electron chi connectivity index (χ2n) is 6.31. The van der Waals surface area contributed by atoms with Crippen molar-refractivity contribution in [3.63, 3.8) is 0 Å². The van der Waals surface area contributed by atoms with Gasteiger partial charge >= 0.3 is 0 Å². The molecule has 2 bridgehead atoms. The van der Waals surface area contributed by atoms with E-state index in [2.05, 4.69) is 45.2 Å². The number of allylic oxidation sites excluding steroid dienone is 2. The molecule has 0 saturated heterocycles. The molecular weight excluding hydrogens is 210 g/mol. The molecule has 0 amide bonds. The molecule has 2 aliphatic carbocycles. The summed E-state index contributed by atoms with van der Waals surface area (Å²) >= 11 is 0. The van der Waals surface area contributed by atoms with E-state index in [0.717, 1.165) is 30.9 Å². The molecule has 2 rings (SSSR count). The van der Waals surface area contributed by atoms with Crippen LogP contribution in [-0.2, 0) is 4.74 Å². The topological polar surface area (TPSA) is 21.3 Å². The van der Waals surface area contributed by atoms with E-state index in [1.165, 1.54) is 12.8 Å². The molecule has 98 valence electrons. The molecule has 0 radical (unpaired) electrons. The zero-order valence-corrected chi connectivity index (χ0v) is 11.7. The fraction of sp³-hybridized carbons (Fsp3) is 0.867. The highest BCUT2D eigenvalue weighted by Gasteiger charge is 2.38. The molecule has 0 spiro atoms. The Kier molecular flexibility index (Phi) is 3.94. The highest BCUT2D eigenvalue weighted by Crippen LogP contribution is 2.44. The van der Waals surface area contributed by atoms with E-state index in [1.807, 2.05) is 0 Å². The Labute approximate surface area is 106 Å². The zero-order chi connectivity index (χ0) is 12.5. The summed E-state index contributed by atoms with van der Waals surface area (Å²) < 4.78 is 5.73. The Morgan fingerprint density at radius 3 is 2.65 bits per heavy atom.